The molecular weight excluding hydrogens is 414 g/mol. The van der Waals surface area contributed by atoms with Gasteiger partial charge in [0.2, 0.25) is 0 Å². The lowest BCUT2D eigenvalue weighted by Gasteiger charge is -2.05. The molecule has 1 amide bonds. The maximum atomic E-state index is 12.5. The maximum Gasteiger partial charge on any atom is 0.292 e. The van der Waals surface area contributed by atoms with Crippen LogP contribution in [0, 0.1) is 0 Å². The van der Waals surface area contributed by atoms with Crippen molar-refractivity contribution in [1.82, 2.24) is 9.78 Å². The summed E-state index contributed by atoms with van der Waals surface area (Å²) in [7, 11) is 0. The zero-order chi connectivity index (χ0) is 21.6. The normalized spacial score (nSPS) is 10.8. The highest BCUT2D eigenvalue weighted by molar-refractivity contribution is 6.31. The van der Waals surface area contributed by atoms with Crippen LogP contribution in [-0.4, -0.2) is 15.7 Å². The maximum absolute atomic E-state index is 12.5. The molecule has 0 radical (unpaired) electrons. The van der Waals surface area contributed by atoms with Gasteiger partial charge in [0, 0.05) is 17.3 Å². The Kier molecular flexibility index (Phi) is 6.38. The summed E-state index contributed by atoms with van der Waals surface area (Å²) in [5.74, 6) is 1.57. The zero-order valence-corrected chi connectivity index (χ0v) is 17.8. The number of benzene rings is 2. The molecular formula is C24H22ClN3O3. The Bertz CT molecular complexity index is 1160. The number of aromatic nitrogens is 2. The molecule has 0 fully saturated rings. The summed E-state index contributed by atoms with van der Waals surface area (Å²) in [6.07, 6.45) is 2.76. The lowest BCUT2D eigenvalue weighted by Crippen LogP contribution is -2.12. The van der Waals surface area contributed by atoms with Crippen LogP contribution in [0.1, 0.15) is 34.4 Å². The number of carbonyl (C=O) groups is 1. The molecule has 0 spiro atoms. The van der Waals surface area contributed by atoms with E-state index in [1.54, 1.807) is 29.1 Å². The van der Waals surface area contributed by atoms with Gasteiger partial charge < -0.3 is 14.5 Å². The molecule has 0 atom stereocenters. The molecule has 2 aromatic carbocycles. The number of rotatable bonds is 8. The van der Waals surface area contributed by atoms with Crippen molar-refractivity contribution in [3.05, 3.63) is 101 Å². The minimum Gasteiger partial charge on any atom is -0.486 e. The average molecular weight is 436 g/mol. The number of nitrogens with zero attached hydrogens (tertiary/aromatic N) is 2. The van der Waals surface area contributed by atoms with Crippen LogP contribution in [0.15, 0.2) is 77.3 Å². The van der Waals surface area contributed by atoms with Gasteiger partial charge in [0.25, 0.3) is 5.91 Å². The molecule has 0 aliphatic carbocycles. The molecule has 7 heteroatoms. The van der Waals surface area contributed by atoms with Gasteiger partial charge in [-0.3, -0.25) is 9.48 Å². The smallest absolute Gasteiger partial charge is 0.292 e. The quantitative estimate of drug-likeness (QED) is 0.392. The van der Waals surface area contributed by atoms with Crippen molar-refractivity contribution in [3.8, 4) is 5.75 Å². The molecule has 2 aromatic heterocycles. The fraction of sp³-hybridized carbons (Fsp3) is 0.167. The van der Waals surface area contributed by atoms with Crippen molar-refractivity contribution < 1.29 is 13.9 Å². The van der Waals surface area contributed by atoms with E-state index in [0.29, 0.717) is 23.1 Å². The molecule has 0 aliphatic heterocycles. The van der Waals surface area contributed by atoms with Crippen LogP contribution in [0.3, 0.4) is 0 Å². The topological polar surface area (TPSA) is 69.3 Å². The highest BCUT2D eigenvalue weighted by Crippen LogP contribution is 2.18. The predicted molar refractivity (Wildman–Crippen MR) is 120 cm³/mol. The van der Waals surface area contributed by atoms with Crippen molar-refractivity contribution in [1.29, 1.82) is 0 Å². The molecule has 0 aliphatic rings. The molecule has 4 rings (SSSR count). The molecule has 6 nitrogen and oxygen atoms in total. The van der Waals surface area contributed by atoms with Gasteiger partial charge in [-0.1, -0.05) is 48.9 Å². The number of ether oxygens (including phenoxy) is 1. The van der Waals surface area contributed by atoms with Gasteiger partial charge in [0.1, 0.15) is 18.1 Å². The van der Waals surface area contributed by atoms with Crippen LogP contribution in [0.5, 0.6) is 5.75 Å². The lowest BCUT2D eigenvalue weighted by molar-refractivity contribution is 0.0992. The summed E-state index contributed by atoms with van der Waals surface area (Å²) in [5.41, 5.74) is 2.20. The van der Waals surface area contributed by atoms with Crippen molar-refractivity contribution in [2.75, 3.05) is 5.32 Å². The number of hydrogen-bond donors (Lipinski definition) is 1. The number of anilines is 1. The molecule has 31 heavy (non-hydrogen) atoms. The third kappa shape index (κ3) is 5.35. The summed E-state index contributed by atoms with van der Waals surface area (Å²) in [5, 5.41) is 7.79. The van der Waals surface area contributed by atoms with Crippen molar-refractivity contribution >= 4 is 23.3 Å². The summed E-state index contributed by atoms with van der Waals surface area (Å²) in [4.78, 5) is 12.5. The van der Waals surface area contributed by atoms with Crippen molar-refractivity contribution in [3.63, 3.8) is 0 Å². The number of nitrogens with one attached hydrogen (secondary N) is 1. The Morgan fingerprint density at radius 2 is 1.90 bits per heavy atom. The van der Waals surface area contributed by atoms with E-state index in [2.05, 4.69) is 17.3 Å². The van der Waals surface area contributed by atoms with Crippen LogP contribution < -0.4 is 10.1 Å². The highest BCUT2D eigenvalue weighted by atomic mass is 35.5. The van der Waals surface area contributed by atoms with Gasteiger partial charge in [0.05, 0.1) is 6.54 Å². The van der Waals surface area contributed by atoms with Gasteiger partial charge in [-0.15, -0.1) is 0 Å². The Balaban J connectivity index is 1.32. The molecule has 1 N–H and O–H groups in total. The van der Waals surface area contributed by atoms with Crippen LogP contribution in [0.4, 0.5) is 5.82 Å². The fourth-order valence-electron chi connectivity index (χ4n) is 3.05. The van der Waals surface area contributed by atoms with Gasteiger partial charge in [0.15, 0.2) is 11.6 Å². The molecule has 0 unspecified atom stereocenters. The standard InChI is InChI=1S/C24H22ClN3O3/c1-2-17-7-9-19(10-8-17)30-16-20-11-12-22(31-20)24(29)26-23-13-14-28(27-23)15-18-5-3-4-6-21(18)25/h3-14H,2,15-16H2,1H3,(H,26,27,29). The van der Waals surface area contributed by atoms with E-state index in [9.17, 15) is 4.79 Å². The highest BCUT2D eigenvalue weighted by Gasteiger charge is 2.13. The second kappa shape index (κ2) is 9.53. The van der Waals surface area contributed by atoms with E-state index in [0.717, 1.165) is 17.7 Å². The first-order chi connectivity index (χ1) is 15.1. The summed E-state index contributed by atoms with van der Waals surface area (Å²) in [6.45, 7) is 2.86. The minimum atomic E-state index is -0.374. The van der Waals surface area contributed by atoms with Crippen LogP contribution in [-0.2, 0) is 19.6 Å². The number of furan rings is 1. The Morgan fingerprint density at radius 3 is 2.68 bits per heavy atom. The molecule has 0 saturated carbocycles. The SMILES string of the molecule is CCc1ccc(OCc2ccc(C(=O)Nc3ccn(Cc4ccccc4Cl)n3)o2)cc1. The number of amides is 1. The number of halogens is 1. The number of carbonyl (C=O) groups excluding carboxylic acids is 1. The van der Waals surface area contributed by atoms with Crippen molar-refractivity contribution in [2.24, 2.45) is 0 Å². The monoisotopic (exact) mass is 435 g/mol. The lowest BCUT2D eigenvalue weighted by atomic mass is 10.2. The van der Waals surface area contributed by atoms with E-state index in [4.69, 9.17) is 20.8 Å². The van der Waals surface area contributed by atoms with Crippen LogP contribution >= 0.6 is 11.6 Å². The number of hydrogen-bond acceptors (Lipinski definition) is 4. The predicted octanol–water partition coefficient (Wildman–Crippen LogP) is 5.57. The van der Waals surface area contributed by atoms with E-state index >= 15 is 0 Å². The third-order valence-electron chi connectivity index (χ3n) is 4.77. The molecule has 0 saturated heterocycles. The van der Waals surface area contributed by atoms with Crippen LogP contribution in [0.2, 0.25) is 5.02 Å². The molecule has 4 aromatic rings. The summed E-state index contributed by atoms with van der Waals surface area (Å²) >= 11 is 6.19. The first-order valence-corrected chi connectivity index (χ1v) is 10.4. The second-order valence-electron chi connectivity index (χ2n) is 7.00. The first kappa shape index (κ1) is 20.8. The van der Waals surface area contributed by atoms with Crippen LogP contribution in [0.25, 0.3) is 0 Å². The third-order valence-corrected chi connectivity index (χ3v) is 5.14. The van der Waals surface area contributed by atoms with Gasteiger partial charge >= 0.3 is 0 Å². The first-order valence-electron chi connectivity index (χ1n) is 9.99. The number of aryl methyl sites for hydroxylation is 1. The minimum absolute atomic E-state index is 0.195. The van der Waals surface area contributed by atoms with E-state index < -0.39 is 0 Å². The fourth-order valence-corrected chi connectivity index (χ4v) is 3.24. The van der Waals surface area contributed by atoms with E-state index in [1.165, 1.54) is 5.56 Å². The van der Waals surface area contributed by atoms with Crippen molar-refractivity contribution in [2.45, 2.75) is 26.5 Å². The second-order valence-corrected chi connectivity index (χ2v) is 7.40. The summed E-state index contributed by atoms with van der Waals surface area (Å²) < 4.78 is 13.0. The van der Waals surface area contributed by atoms with Gasteiger partial charge in [-0.2, -0.15) is 5.10 Å². The Labute approximate surface area is 185 Å². The Hall–Kier alpha value is -3.51. The largest absolute Gasteiger partial charge is 0.486 e. The van der Waals surface area contributed by atoms with E-state index in [-0.39, 0.29) is 18.3 Å². The average Bonchev–Trinajstić information content (AvgIpc) is 3.44. The summed E-state index contributed by atoms with van der Waals surface area (Å²) in [6, 6.07) is 20.6. The van der Waals surface area contributed by atoms with Gasteiger partial charge in [-0.05, 0) is 47.9 Å². The Morgan fingerprint density at radius 1 is 1.10 bits per heavy atom. The zero-order valence-electron chi connectivity index (χ0n) is 17.0. The molecule has 158 valence electrons. The van der Waals surface area contributed by atoms with E-state index in [1.807, 2.05) is 48.5 Å². The molecule has 0 bridgehead atoms. The van der Waals surface area contributed by atoms with Gasteiger partial charge in [-0.25, -0.2) is 0 Å². The molecule has 2 heterocycles.